The second-order valence-corrected chi connectivity index (χ2v) is 6.67. The molecule has 2 amide bonds. The van der Waals surface area contributed by atoms with E-state index in [0.717, 1.165) is 11.3 Å². The molecule has 2 N–H and O–H groups in total. The van der Waals surface area contributed by atoms with Crippen molar-refractivity contribution in [3.8, 4) is 0 Å². The molecule has 146 valence electrons. The Bertz CT molecular complexity index is 931. The van der Waals surface area contributed by atoms with Gasteiger partial charge in [0.2, 0.25) is 0 Å². The molecule has 0 aliphatic carbocycles. The summed E-state index contributed by atoms with van der Waals surface area (Å²) in [6, 6.07) is 12.0. The lowest BCUT2D eigenvalue weighted by molar-refractivity contribution is 0.0937. The largest absolute Gasteiger partial charge is 0.468 e. The predicted octanol–water partition coefficient (Wildman–Crippen LogP) is 3.47. The Labute approximate surface area is 163 Å². The third-order valence-electron chi connectivity index (χ3n) is 4.44. The average Bonchev–Trinajstić information content (AvgIpc) is 3.37. The molecule has 0 saturated heterocycles. The number of aryl methyl sites for hydroxylation is 1. The molecular weight excluding hydrogens is 358 g/mol. The highest BCUT2D eigenvalue weighted by molar-refractivity contribution is 6.03. The number of likely N-dealkylation sites (N-methyl/N-ethyl adjacent to an activating group) is 1. The lowest BCUT2D eigenvalue weighted by Gasteiger charge is -2.22. The van der Waals surface area contributed by atoms with Crippen molar-refractivity contribution in [2.24, 2.45) is 0 Å². The van der Waals surface area contributed by atoms with Crippen molar-refractivity contribution in [2.75, 3.05) is 26.0 Å². The lowest BCUT2D eigenvalue weighted by atomic mass is 10.1. The number of anilines is 1. The molecule has 3 aromatic rings. The summed E-state index contributed by atoms with van der Waals surface area (Å²) in [5, 5.41) is 5.70. The van der Waals surface area contributed by atoms with Crippen LogP contribution in [-0.2, 0) is 0 Å². The summed E-state index contributed by atoms with van der Waals surface area (Å²) in [7, 11) is 3.85. The number of rotatable bonds is 7. The Morgan fingerprint density at radius 3 is 2.43 bits per heavy atom. The van der Waals surface area contributed by atoms with Crippen molar-refractivity contribution >= 4 is 17.5 Å². The Kier molecular flexibility index (Phi) is 5.96. The molecule has 0 saturated carbocycles. The zero-order valence-corrected chi connectivity index (χ0v) is 16.1. The highest BCUT2D eigenvalue weighted by Gasteiger charge is 2.19. The topological polar surface area (TPSA) is 87.7 Å². The number of amides is 2. The van der Waals surface area contributed by atoms with Crippen LogP contribution in [0, 0.1) is 6.92 Å². The molecule has 2 heterocycles. The van der Waals surface area contributed by atoms with Crippen LogP contribution in [0.1, 0.15) is 38.3 Å². The van der Waals surface area contributed by atoms with E-state index in [4.69, 9.17) is 8.83 Å². The third kappa shape index (κ3) is 4.50. The van der Waals surface area contributed by atoms with Gasteiger partial charge in [0.25, 0.3) is 11.8 Å². The summed E-state index contributed by atoms with van der Waals surface area (Å²) in [6.45, 7) is 2.25. The number of carbonyl (C=O) groups is 2. The Balaban J connectivity index is 1.69. The van der Waals surface area contributed by atoms with Gasteiger partial charge in [0, 0.05) is 17.8 Å². The van der Waals surface area contributed by atoms with Crippen molar-refractivity contribution in [1.29, 1.82) is 0 Å². The summed E-state index contributed by atoms with van der Waals surface area (Å²) in [4.78, 5) is 26.8. The van der Waals surface area contributed by atoms with Gasteiger partial charge in [-0.3, -0.25) is 14.5 Å². The minimum atomic E-state index is -0.365. The molecule has 3 rings (SSSR count). The van der Waals surface area contributed by atoms with E-state index < -0.39 is 0 Å². The predicted molar refractivity (Wildman–Crippen MR) is 105 cm³/mol. The molecule has 0 radical (unpaired) electrons. The fourth-order valence-corrected chi connectivity index (χ4v) is 2.80. The minimum absolute atomic E-state index is 0.0810. The van der Waals surface area contributed by atoms with Crippen molar-refractivity contribution in [3.63, 3.8) is 0 Å². The lowest BCUT2D eigenvalue weighted by Crippen LogP contribution is -2.34. The molecule has 0 spiro atoms. The average molecular weight is 381 g/mol. The van der Waals surface area contributed by atoms with E-state index in [2.05, 4.69) is 10.6 Å². The highest BCUT2D eigenvalue weighted by Crippen LogP contribution is 2.20. The van der Waals surface area contributed by atoms with Gasteiger partial charge in [0.1, 0.15) is 5.76 Å². The number of benzene rings is 1. The van der Waals surface area contributed by atoms with Crippen LogP contribution in [0.3, 0.4) is 0 Å². The number of carbonyl (C=O) groups excluding carboxylic acids is 2. The second kappa shape index (κ2) is 8.58. The van der Waals surface area contributed by atoms with E-state index in [-0.39, 0.29) is 23.6 Å². The second-order valence-electron chi connectivity index (χ2n) is 6.67. The quantitative estimate of drug-likeness (QED) is 0.654. The highest BCUT2D eigenvalue weighted by atomic mass is 16.3. The van der Waals surface area contributed by atoms with E-state index >= 15 is 0 Å². The maximum absolute atomic E-state index is 12.6. The number of furan rings is 2. The molecule has 7 heteroatoms. The Hall–Kier alpha value is -3.32. The van der Waals surface area contributed by atoms with Crippen LogP contribution in [0.25, 0.3) is 0 Å². The molecule has 0 aliphatic heterocycles. The standard InChI is InChI=1S/C21H23N3O4/c1-14-8-9-15(12-16(14)23-21(26)19-7-5-11-28-19)20(25)22-13-17(24(2)3)18-6-4-10-27-18/h4-12,17H,13H2,1-3H3,(H,22,25)(H,23,26). The van der Waals surface area contributed by atoms with Gasteiger partial charge in [0.05, 0.1) is 18.6 Å². The first-order valence-electron chi connectivity index (χ1n) is 8.89. The van der Waals surface area contributed by atoms with E-state index in [1.807, 2.05) is 38.1 Å². The van der Waals surface area contributed by atoms with Crippen molar-refractivity contribution in [1.82, 2.24) is 10.2 Å². The molecule has 1 atom stereocenters. The normalized spacial score (nSPS) is 12.0. The summed E-state index contributed by atoms with van der Waals surface area (Å²) in [5.41, 5.74) is 1.86. The first-order valence-corrected chi connectivity index (χ1v) is 8.89. The smallest absolute Gasteiger partial charge is 0.291 e. The first-order chi connectivity index (χ1) is 13.5. The van der Waals surface area contributed by atoms with E-state index in [1.54, 1.807) is 36.6 Å². The minimum Gasteiger partial charge on any atom is -0.468 e. The summed E-state index contributed by atoms with van der Waals surface area (Å²) in [6.07, 6.45) is 3.05. The maximum atomic E-state index is 12.6. The molecule has 7 nitrogen and oxygen atoms in total. The Morgan fingerprint density at radius 1 is 1.04 bits per heavy atom. The number of nitrogens with zero attached hydrogens (tertiary/aromatic N) is 1. The van der Waals surface area contributed by atoms with Gasteiger partial charge < -0.3 is 19.5 Å². The van der Waals surface area contributed by atoms with Crippen molar-refractivity contribution < 1.29 is 18.4 Å². The Morgan fingerprint density at radius 2 is 1.79 bits per heavy atom. The SMILES string of the molecule is Cc1ccc(C(=O)NCC(c2ccco2)N(C)C)cc1NC(=O)c1ccco1. The van der Waals surface area contributed by atoms with Gasteiger partial charge in [-0.15, -0.1) is 0 Å². The van der Waals surface area contributed by atoms with Gasteiger partial charge in [-0.05, 0) is 63.0 Å². The molecule has 1 unspecified atom stereocenters. The van der Waals surface area contributed by atoms with Crippen molar-refractivity contribution in [3.05, 3.63) is 77.6 Å². The first kappa shape index (κ1) is 19.4. The fraction of sp³-hybridized carbons (Fsp3) is 0.238. The fourth-order valence-electron chi connectivity index (χ4n) is 2.80. The van der Waals surface area contributed by atoms with Crippen LogP contribution >= 0.6 is 0 Å². The van der Waals surface area contributed by atoms with Crippen LogP contribution in [0.4, 0.5) is 5.69 Å². The molecular formula is C21H23N3O4. The number of hydrogen-bond donors (Lipinski definition) is 2. The van der Waals surface area contributed by atoms with E-state index in [9.17, 15) is 9.59 Å². The van der Waals surface area contributed by atoms with E-state index in [0.29, 0.717) is 17.8 Å². The van der Waals surface area contributed by atoms with Gasteiger partial charge in [-0.1, -0.05) is 6.07 Å². The van der Waals surface area contributed by atoms with E-state index in [1.165, 1.54) is 6.26 Å². The molecule has 1 aromatic carbocycles. The van der Waals surface area contributed by atoms with Crippen LogP contribution < -0.4 is 10.6 Å². The summed E-state index contributed by atoms with van der Waals surface area (Å²) < 4.78 is 10.6. The van der Waals surface area contributed by atoms with Crippen LogP contribution in [-0.4, -0.2) is 37.4 Å². The van der Waals surface area contributed by atoms with Crippen LogP contribution in [0.5, 0.6) is 0 Å². The maximum Gasteiger partial charge on any atom is 0.291 e. The van der Waals surface area contributed by atoms with Gasteiger partial charge >= 0.3 is 0 Å². The monoisotopic (exact) mass is 381 g/mol. The zero-order valence-electron chi connectivity index (χ0n) is 16.1. The van der Waals surface area contributed by atoms with Gasteiger partial charge in [-0.2, -0.15) is 0 Å². The molecule has 28 heavy (non-hydrogen) atoms. The molecule has 0 bridgehead atoms. The number of nitrogens with one attached hydrogen (secondary N) is 2. The third-order valence-corrected chi connectivity index (χ3v) is 4.44. The molecule has 0 aliphatic rings. The molecule has 2 aromatic heterocycles. The van der Waals surface area contributed by atoms with Crippen LogP contribution in [0.2, 0.25) is 0 Å². The van der Waals surface area contributed by atoms with Gasteiger partial charge in [-0.25, -0.2) is 0 Å². The van der Waals surface area contributed by atoms with Gasteiger partial charge in [0.15, 0.2) is 5.76 Å². The summed E-state index contributed by atoms with van der Waals surface area (Å²) >= 11 is 0. The summed E-state index contributed by atoms with van der Waals surface area (Å²) in [5.74, 6) is 0.394. The molecule has 0 fully saturated rings. The number of hydrogen-bond acceptors (Lipinski definition) is 5. The van der Waals surface area contributed by atoms with Crippen molar-refractivity contribution in [2.45, 2.75) is 13.0 Å². The van der Waals surface area contributed by atoms with Crippen LogP contribution in [0.15, 0.2) is 63.8 Å². The zero-order chi connectivity index (χ0) is 20.1.